The van der Waals surface area contributed by atoms with E-state index in [0.29, 0.717) is 0 Å². The summed E-state index contributed by atoms with van der Waals surface area (Å²) in [4.78, 5) is 17.8. The van der Waals surface area contributed by atoms with E-state index in [1.165, 1.54) is 30.1 Å². The SMILES string of the molecule is CN(C(=O)OC(C)(C)C)C(C)(C)c1cc(-c2ccc(F)c(Cl)c2)nc(C(O)C(F)(F)F)c1. The maximum absolute atomic E-state index is 13.6. The van der Waals surface area contributed by atoms with Crippen LogP contribution >= 0.6 is 11.6 Å². The molecule has 0 aliphatic rings. The van der Waals surface area contributed by atoms with Gasteiger partial charge in [0.15, 0.2) is 6.10 Å². The molecule has 32 heavy (non-hydrogen) atoms. The Labute approximate surface area is 189 Å². The number of nitrogens with zero attached hydrogens (tertiary/aromatic N) is 2. The average molecular weight is 477 g/mol. The van der Waals surface area contributed by atoms with Crippen LogP contribution in [0.15, 0.2) is 30.3 Å². The summed E-state index contributed by atoms with van der Waals surface area (Å²) >= 11 is 5.82. The highest BCUT2D eigenvalue weighted by atomic mass is 35.5. The van der Waals surface area contributed by atoms with Crippen LogP contribution in [0.5, 0.6) is 0 Å². The Bertz CT molecular complexity index is 1000. The van der Waals surface area contributed by atoms with Gasteiger partial charge in [0.1, 0.15) is 11.4 Å². The minimum atomic E-state index is -4.97. The molecule has 0 aliphatic heterocycles. The zero-order valence-corrected chi connectivity index (χ0v) is 19.3. The van der Waals surface area contributed by atoms with Gasteiger partial charge in [0.05, 0.1) is 21.9 Å². The molecule has 1 aromatic carbocycles. The number of rotatable bonds is 4. The average Bonchev–Trinajstić information content (AvgIpc) is 2.66. The van der Waals surface area contributed by atoms with E-state index in [2.05, 4.69) is 4.98 Å². The second kappa shape index (κ2) is 8.86. The monoisotopic (exact) mass is 476 g/mol. The molecule has 0 saturated carbocycles. The number of carbonyl (C=O) groups excluding carboxylic acids is 1. The van der Waals surface area contributed by atoms with Crippen LogP contribution in [0.3, 0.4) is 0 Å². The van der Waals surface area contributed by atoms with E-state index >= 15 is 0 Å². The molecule has 1 N–H and O–H groups in total. The fourth-order valence-corrected chi connectivity index (χ4v) is 2.95. The summed E-state index contributed by atoms with van der Waals surface area (Å²) in [7, 11) is 1.45. The first-order valence-corrected chi connectivity index (χ1v) is 10.0. The van der Waals surface area contributed by atoms with Gasteiger partial charge in [0, 0.05) is 12.6 Å². The lowest BCUT2D eigenvalue weighted by Crippen LogP contribution is -2.45. The van der Waals surface area contributed by atoms with Gasteiger partial charge in [-0.3, -0.25) is 0 Å². The maximum atomic E-state index is 13.6. The molecule has 0 fully saturated rings. The zero-order valence-electron chi connectivity index (χ0n) is 18.5. The quantitative estimate of drug-likeness (QED) is 0.531. The van der Waals surface area contributed by atoms with Crippen LogP contribution in [-0.4, -0.2) is 39.9 Å². The topological polar surface area (TPSA) is 62.7 Å². The van der Waals surface area contributed by atoms with Crippen molar-refractivity contribution in [1.82, 2.24) is 9.88 Å². The number of ether oxygens (including phenoxy) is 1. The Kier molecular flexibility index (Phi) is 7.16. The molecular weight excluding hydrogens is 452 g/mol. The summed E-state index contributed by atoms with van der Waals surface area (Å²) in [6.07, 6.45) is -8.52. The van der Waals surface area contributed by atoms with Gasteiger partial charge < -0.3 is 14.7 Å². The summed E-state index contributed by atoms with van der Waals surface area (Å²) < 4.78 is 58.7. The molecule has 1 amide bonds. The third-order valence-corrected chi connectivity index (χ3v) is 5.15. The maximum Gasteiger partial charge on any atom is 0.420 e. The van der Waals surface area contributed by atoms with Gasteiger partial charge in [-0.15, -0.1) is 0 Å². The molecule has 2 aromatic rings. The molecule has 10 heteroatoms. The lowest BCUT2D eigenvalue weighted by Gasteiger charge is -2.37. The molecule has 0 radical (unpaired) electrons. The van der Waals surface area contributed by atoms with Crippen molar-refractivity contribution in [3.05, 3.63) is 52.4 Å². The van der Waals surface area contributed by atoms with Crippen LogP contribution in [0, 0.1) is 5.82 Å². The Morgan fingerprint density at radius 3 is 2.22 bits per heavy atom. The molecule has 0 spiro atoms. The summed E-state index contributed by atoms with van der Waals surface area (Å²) in [6.45, 7) is 8.28. The van der Waals surface area contributed by atoms with E-state index in [-0.39, 0.29) is 21.8 Å². The normalized spacial score (nSPS) is 13.6. The van der Waals surface area contributed by atoms with Crippen molar-refractivity contribution < 1.29 is 32.2 Å². The van der Waals surface area contributed by atoms with Crippen molar-refractivity contribution in [2.24, 2.45) is 0 Å². The van der Waals surface area contributed by atoms with E-state index in [1.807, 2.05) is 0 Å². The number of aliphatic hydroxyl groups is 1. The predicted octanol–water partition coefficient (Wildman–Crippen LogP) is 6.24. The van der Waals surface area contributed by atoms with Gasteiger partial charge in [-0.25, -0.2) is 14.2 Å². The molecule has 1 atom stereocenters. The molecule has 1 heterocycles. The van der Waals surface area contributed by atoms with Crippen LogP contribution < -0.4 is 0 Å². The van der Waals surface area contributed by atoms with Crippen LogP contribution in [0.2, 0.25) is 5.02 Å². The number of alkyl halides is 3. The fraction of sp³-hybridized carbons (Fsp3) is 0.455. The molecule has 5 nitrogen and oxygen atoms in total. The number of hydrogen-bond acceptors (Lipinski definition) is 4. The Morgan fingerprint density at radius 1 is 1.12 bits per heavy atom. The fourth-order valence-electron chi connectivity index (χ4n) is 2.77. The molecule has 0 saturated heterocycles. The molecule has 176 valence electrons. The number of aromatic nitrogens is 1. The lowest BCUT2D eigenvalue weighted by molar-refractivity contribution is -0.207. The Morgan fingerprint density at radius 2 is 1.72 bits per heavy atom. The highest BCUT2D eigenvalue weighted by molar-refractivity contribution is 6.31. The predicted molar refractivity (Wildman–Crippen MR) is 113 cm³/mol. The van der Waals surface area contributed by atoms with E-state index in [4.69, 9.17) is 16.3 Å². The molecule has 0 aliphatic carbocycles. The zero-order chi connectivity index (χ0) is 24.6. The van der Waals surface area contributed by atoms with Crippen molar-refractivity contribution in [2.75, 3.05) is 7.05 Å². The van der Waals surface area contributed by atoms with Crippen LogP contribution in [0.1, 0.15) is 52.0 Å². The van der Waals surface area contributed by atoms with E-state index < -0.39 is 41.0 Å². The molecule has 1 aromatic heterocycles. The largest absolute Gasteiger partial charge is 0.444 e. The summed E-state index contributed by atoms with van der Waals surface area (Å²) in [5, 5.41) is 9.60. The van der Waals surface area contributed by atoms with Crippen molar-refractivity contribution in [2.45, 2.75) is 58.0 Å². The molecule has 1 unspecified atom stereocenters. The minimum Gasteiger partial charge on any atom is -0.444 e. The third kappa shape index (κ3) is 5.89. The number of pyridine rings is 1. The van der Waals surface area contributed by atoms with Gasteiger partial charge in [0.25, 0.3) is 0 Å². The third-order valence-electron chi connectivity index (χ3n) is 4.86. The van der Waals surface area contributed by atoms with E-state index in [1.54, 1.807) is 34.6 Å². The van der Waals surface area contributed by atoms with Gasteiger partial charge >= 0.3 is 12.3 Å². The number of benzene rings is 1. The van der Waals surface area contributed by atoms with E-state index in [9.17, 15) is 27.5 Å². The number of amides is 1. The highest BCUT2D eigenvalue weighted by Gasteiger charge is 2.42. The summed E-state index contributed by atoms with van der Waals surface area (Å²) in [6, 6.07) is 6.12. The van der Waals surface area contributed by atoms with Crippen LogP contribution in [0.25, 0.3) is 11.3 Å². The van der Waals surface area contributed by atoms with Crippen LogP contribution in [-0.2, 0) is 10.3 Å². The molecular formula is C22H25ClF4N2O3. The van der Waals surface area contributed by atoms with Gasteiger partial charge in [-0.05, 0) is 70.5 Å². The molecule has 0 bridgehead atoms. The standard InChI is InChI=1S/C22H25ClF4N2O3/c1-20(2,3)32-19(31)29(6)21(4,5)13-10-16(12-7-8-15(24)14(23)9-12)28-17(11-13)18(30)22(25,26)27/h7-11,18,30H,1-6H3. The smallest absolute Gasteiger partial charge is 0.420 e. The van der Waals surface area contributed by atoms with Crippen molar-refractivity contribution in [1.29, 1.82) is 0 Å². The number of halogens is 5. The van der Waals surface area contributed by atoms with E-state index in [0.717, 1.165) is 12.1 Å². The van der Waals surface area contributed by atoms with Crippen LogP contribution in [0.4, 0.5) is 22.4 Å². The van der Waals surface area contributed by atoms with Crippen molar-refractivity contribution in [3.63, 3.8) is 0 Å². The summed E-state index contributed by atoms with van der Waals surface area (Å²) in [5.74, 6) is -0.702. The molecule has 2 rings (SSSR count). The Hall–Kier alpha value is -2.39. The second-order valence-electron chi connectivity index (χ2n) is 8.84. The minimum absolute atomic E-state index is 0.0216. The van der Waals surface area contributed by atoms with Gasteiger partial charge in [-0.1, -0.05) is 11.6 Å². The number of aliphatic hydroxyl groups excluding tert-OH is 1. The Balaban J connectivity index is 2.64. The second-order valence-corrected chi connectivity index (χ2v) is 9.24. The van der Waals surface area contributed by atoms with Gasteiger partial charge in [-0.2, -0.15) is 13.2 Å². The first-order chi connectivity index (χ1) is 14.4. The summed E-state index contributed by atoms with van der Waals surface area (Å²) in [5.41, 5.74) is -2.11. The highest BCUT2D eigenvalue weighted by Crippen LogP contribution is 2.37. The van der Waals surface area contributed by atoms with Gasteiger partial charge in [0.2, 0.25) is 0 Å². The number of hydrogen-bond donors (Lipinski definition) is 1. The first-order valence-electron chi connectivity index (χ1n) is 9.63. The van der Waals surface area contributed by atoms with Crippen molar-refractivity contribution >= 4 is 17.7 Å². The number of carbonyl (C=O) groups is 1. The lowest BCUT2D eigenvalue weighted by atomic mass is 9.90. The van der Waals surface area contributed by atoms with Crippen molar-refractivity contribution in [3.8, 4) is 11.3 Å². The first kappa shape index (κ1) is 25.9.